The van der Waals surface area contributed by atoms with Crippen molar-refractivity contribution in [3.63, 3.8) is 0 Å². The molecule has 1 saturated carbocycles. The number of halogens is 2. The predicted molar refractivity (Wildman–Crippen MR) is 70.3 cm³/mol. The van der Waals surface area contributed by atoms with Gasteiger partial charge in [-0.15, -0.1) is 11.3 Å². The lowest BCUT2D eigenvalue weighted by atomic mass is 10.2. The fraction of sp³-hybridized carbons (Fsp3) is 0.444. The fourth-order valence-corrected chi connectivity index (χ4v) is 3.21. The summed E-state index contributed by atoms with van der Waals surface area (Å²) in [7, 11) is 0. The fourth-order valence-electron chi connectivity index (χ4n) is 1.19. The van der Waals surface area contributed by atoms with E-state index in [1.807, 2.05) is 11.4 Å². The zero-order chi connectivity index (χ0) is 10.2. The summed E-state index contributed by atoms with van der Waals surface area (Å²) in [6, 6.07) is 1.92. The van der Waals surface area contributed by atoms with Gasteiger partial charge in [-0.1, -0.05) is 15.9 Å². The maximum absolute atomic E-state index is 11.7. The average molecular weight is 386 g/mol. The smallest absolute Gasteiger partial charge is 0.252 e. The van der Waals surface area contributed by atoms with Crippen LogP contribution in [0.2, 0.25) is 0 Å². The number of carbonyl (C=O) groups is 1. The molecule has 1 aromatic rings. The number of alkyl halides is 1. The topological polar surface area (TPSA) is 29.1 Å². The zero-order valence-electron chi connectivity index (χ0n) is 7.35. The second-order valence-corrected chi connectivity index (χ2v) is 6.87. The van der Waals surface area contributed by atoms with Gasteiger partial charge in [-0.25, -0.2) is 0 Å². The molecule has 5 heteroatoms. The lowest BCUT2D eigenvalue weighted by molar-refractivity contribution is 0.0937. The molecule has 0 atom stereocenters. The molecule has 14 heavy (non-hydrogen) atoms. The summed E-state index contributed by atoms with van der Waals surface area (Å²) in [4.78, 5) is 11.7. The molecule has 0 aromatic carbocycles. The Morgan fingerprint density at radius 2 is 2.43 bits per heavy atom. The van der Waals surface area contributed by atoms with Crippen LogP contribution < -0.4 is 5.32 Å². The first-order valence-corrected chi connectivity index (χ1v) is 7.36. The van der Waals surface area contributed by atoms with Crippen molar-refractivity contribution in [1.82, 2.24) is 5.32 Å². The molecule has 2 rings (SSSR count). The van der Waals surface area contributed by atoms with E-state index in [0.29, 0.717) is 0 Å². The first-order valence-electron chi connectivity index (χ1n) is 4.28. The SMILES string of the molecule is O=C(NC1(CBr)CC1)c1csc(I)c1. The van der Waals surface area contributed by atoms with Gasteiger partial charge in [-0.3, -0.25) is 4.79 Å². The summed E-state index contributed by atoms with van der Waals surface area (Å²) in [5.41, 5.74) is 0.830. The summed E-state index contributed by atoms with van der Waals surface area (Å²) >= 11 is 7.25. The first kappa shape index (κ1) is 10.9. The summed E-state index contributed by atoms with van der Waals surface area (Å²) in [6.45, 7) is 0. The van der Waals surface area contributed by atoms with Crippen molar-refractivity contribution < 1.29 is 4.79 Å². The Morgan fingerprint density at radius 3 is 2.86 bits per heavy atom. The van der Waals surface area contributed by atoms with Crippen LogP contribution in [0.25, 0.3) is 0 Å². The number of hydrogen-bond donors (Lipinski definition) is 1. The molecular formula is C9H9BrINOS. The molecule has 1 heterocycles. The molecule has 0 unspecified atom stereocenters. The Balaban J connectivity index is 2.03. The Hall–Kier alpha value is 0.380. The van der Waals surface area contributed by atoms with Crippen LogP contribution in [-0.2, 0) is 0 Å². The van der Waals surface area contributed by atoms with Crippen molar-refractivity contribution in [1.29, 1.82) is 0 Å². The van der Waals surface area contributed by atoms with E-state index in [-0.39, 0.29) is 11.4 Å². The number of thiophene rings is 1. The van der Waals surface area contributed by atoms with E-state index in [2.05, 4.69) is 43.8 Å². The van der Waals surface area contributed by atoms with Gasteiger partial charge in [0, 0.05) is 10.7 Å². The highest BCUT2D eigenvalue weighted by molar-refractivity contribution is 14.1. The molecule has 2 nitrogen and oxygen atoms in total. The summed E-state index contributed by atoms with van der Waals surface area (Å²) in [6.07, 6.45) is 2.18. The minimum absolute atomic E-state index is 0.0461. The second-order valence-electron chi connectivity index (χ2n) is 3.51. The zero-order valence-corrected chi connectivity index (χ0v) is 11.9. The van der Waals surface area contributed by atoms with Gasteiger partial charge in [0.2, 0.25) is 0 Å². The molecule has 1 aliphatic rings. The molecule has 0 bridgehead atoms. The van der Waals surface area contributed by atoms with Crippen LogP contribution in [0, 0.1) is 2.88 Å². The average Bonchev–Trinajstić information content (AvgIpc) is 2.80. The number of amides is 1. The van der Waals surface area contributed by atoms with Crippen LogP contribution in [0.1, 0.15) is 23.2 Å². The molecule has 1 fully saturated rings. The molecule has 0 radical (unpaired) electrons. The molecular weight excluding hydrogens is 377 g/mol. The Bertz CT molecular complexity index is 361. The monoisotopic (exact) mass is 385 g/mol. The molecule has 1 aromatic heterocycles. The standard InChI is InChI=1S/C9H9BrINOS/c10-5-9(1-2-9)12-8(13)6-3-7(11)14-4-6/h3-4H,1-2,5H2,(H,12,13). The Labute approximate surface area is 109 Å². The maximum Gasteiger partial charge on any atom is 0.252 e. The third-order valence-corrected chi connectivity index (χ3v) is 5.18. The minimum atomic E-state index is 0.0461. The predicted octanol–water partition coefficient (Wildman–Crippen LogP) is 3.01. The third kappa shape index (κ3) is 2.30. The van der Waals surface area contributed by atoms with E-state index < -0.39 is 0 Å². The van der Waals surface area contributed by atoms with Crippen molar-refractivity contribution in [3.8, 4) is 0 Å². The van der Waals surface area contributed by atoms with Crippen molar-refractivity contribution in [2.75, 3.05) is 5.33 Å². The van der Waals surface area contributed by atoms with E-state index >= 15 is 0 Å². The van der Waals surface area contributed by atoms with Crippen LogP contribution >= 0.6 is 49.9 Å². The van der Waals surface area contributed by atoms with Gasteiger partial charge in [-0.05, 0) is 41.5 Å². The molecule has 1 N–H and O–H groups in total. The van der Waals surface area contributed by atoms with Gasteiger partial charge in [0.1, 0.15) is 0 Å². The molecule has 0 saturated heterocycles. The van der Waals surface area contributed by atoms with E-state index in [1.54, 1.807) is 11.3 Å². The Morgan fingerprint density at radius 1 is 1.71 bits per heavy atom. The molecule has 1 aliphatic carbocycles. The van der Waals surface area contributed by atoms with Crippen LogP contribution in [0.4, 0.5) is 0 Å². The van der Waals surface area contributed by atoms with Crippen molar-refractivity contribution in [3.05, 3.63) is 19.9 Å². The van der Waals surface area contributed by atoms with Crippen molar-refractivity contribution in [2.24, 2.45) is 0 Å². The van der Waals surface area contributed by atoms with E-state index in [1.165, 1.54) is 0 Å². The molecule has 0 aliphatic heterocycles. The van der Waals surface area contributed by atoms with Crippen LogP contribution in [0.5, 0.6) is 0 Å². The maximum atomic E-state index is 11.7. The highest BCUT2D eigenvalue weighted by atomic mass is 127. The summed E-state index contributed by atoms with van der Waals surface area (Å²) < 4.78 is 1.15. The third-order valence-electron chi connectivity index (χ3n) is 2.32. The summed E-state index contributed by atoms with van der Waals surface area (Å²) in [5.74, 6) is 0.0566. The van der Waals surface area contributed by atoms with Gasteiger partial charge in [0.25, 0.3) is 5.91 Å². The highest BCUT2D eigenvalue weighted by Crippen LogP contribution is 2.37. The second kappa shape index (κ2) is 4.09. The van der Waals surface area contributed by atoms with Crippen LogP contribution in [0.15, 0.2) is 11.4 Å². The number of carbonyl (C=O) groups excluding carboxylic acids is 1. The number of hydrogen-bond acceptors (Lipinski definition) is 2. The van der Waals surface area contributed by atoms with Crippen molar-refractivity contribution >= 4 is 55.8 Å². The Kier molecular flexibility index (Phi) is 3.18. The normalized spacial score (nSPS) is 17.9. The number of nitrogens with one attached hydrogen (secondary N) is 1. The first-order chi connectivity index (χ1) is 6.65. The molecule has 76 valence electrons. The van der Waals surface area contributed by atoms with Crippen LogP contribution in [0.3, 0.4) is 0 Å². The summed E-state index contributed by atoms with van der Waals surface area (Å²) in [5, 5.41) is 5.82. The molecule has 1 amide bonds. The van der Waals surface area contributed by atoms with E-state index in [4.69, 9.17) is 0 Å². The van der Waals surface area contributed by atoms with Crippen LogP contribution in [-0.4, -0.2) is 16.8 Å². The highest BCUT2D eigenvalue weighted by Gasteiger charge is 2.43. The quantitative estimate of drug-likeness (QED) is 0.628. The van der Waals surface area contributed by atoms with Gasteiger partial charge < -0.3 is 5.32 Å². The van der Waals surface area contributed by atoms with E-state index in [0.717, 1.165) is 26.6 Å². The molecule has 0 spiro atoms. The lowest BCUT2D eigenvalue weighted by Crippen LogP contribution is -2.37. The largest absolute Gasteiger partial charge is 0.346 e. The van der Waals surface area contributed by atoms with Gasteiger partial charge >= 0.3 is 0 Å². The van der Waals surface area contributed by atoms with E-state index in [9.17, 15) is 4.79 Å². The lowest BCUT2D eigenvalue weighted by Gasteiger charge is -2.12. The van der Waals surface area contributed by atoms with Gasteiger partial charge in [0.15, 0.2) is 0 Å². The number of rotatable bonds is 3. The van der Waals surface area contributed by atoms with Gasteiger partial charge in [0.05, 0.1) is 14.0 Å². The van der Waals surface area contributed by atoms with Gasteiger partial charge in [-0.2, -0.15) is 0 Å². The van der Waals surface area contributed by atoms with Crippen molar-refractivity contribution in [2.45, 2.75) is 18.4 Å². The minimum Gasteiger partial charge on any atom is -0.346 e.